The van der Waals surface area contributed by atoms with Gasteiger partial charge in [0.15, 0.2) is 9.84 Å². The number of nitrogen functional groups attached to an aromatic ring is 1. The average Bonchev–Trinajstić information content (AvgIpc) is 2.81. The zero-order valence-electron chi connectivity index (χ0n) is 9.91. The maximum atomic E-state index is 11.5. The third kappa shape index (κ3) is 1.96. The molecule has 6 heteroatoms. The van der Waals surface area contributed by atoms with Gasteiger partial charge in [-0.2, -0.15) is 0 Å². The zero-order valence-corrected chi connectivity index (χ0v) is 10.7. The Morgan fingerprint density at radius 2 is 2.17 bits per heavy atom. The van der Waals surface area contributed by atoms with Crippen molar-refractivity contribution in [3.8, 4) is 0 Å². The number of aromatic nitrogens is 2. The Morgan fingerprint density at radius 1 is 1.39 bits per heavy atom. The molecule has 96 valence electrons. The number of nitrogens with zero attached hydrogens (tertiary/aromatic N) is 2. The van der Waals surface area contributed by atoms with Gasteiger partial charge in [0.05, 0.1) is 22.5 Å². The molecule has 1 aromatic carbocycles. The van der Waals surface area contributed by atoms with Crippen LogP contribution in [0.4, 0.5) is 5.95 Å². The fourth-order valence-electron chi connectivity index (χ4n) is 2.56. The SMILES string of the molecule is Nc1nc2ccccc2n1CC1CCS(=O)(=O)C1. The molecule has 1 unspecified atom stereocenters. The Hall–Kier alpha value is -1.56. The third-order valence-corrected chi connectivity index (χ3v) is 5.29. The van der Waals surface area contributed by atoms with Crippen LogP contribution in [0.25, 0.3) is 11.0 Å². The molecule has 2 heterocycles. The van der Waals surface area contributed by atoms with E-state index in [9.17, 15) is 8.42 Å². The Bertz CT molecular complexity index is 690. The van der Waals surface area contributed by atoms with Crippen LogP contribution in [0.5, 0.6) is 0 Å². The van der Waals surface area contributed by atoms with E-state index in [2.05, 4.69) is 4.98 Å². The van der Waals surface area contributed by atoms with Crippen LogP contribution in [0.15, 0.2) is 24.3 Å². The normalized spacial score (nSPS) is 22.6. The minimum atomic E-state index is -2.84. The predicted molar refractivity (Wildman–Crippen MR) is 70.9 cm³/mol. The molecule has 0 aliphatic carbocycles. The number of nitrogens with two attached hydrogens (primary N) is 1. The number of sulfone groups is 1. The molecule has 0 radical (unpaired) electrons. The number of imidazole rings is 1. The first kappa shape index (κ1) is 11.5. The summed E-state index contributed by atoms with van der Waals surface area (Å²) >= 11 is 0. The second kappa shape index (κ2) is 3.98. The zero-order chi connectivity index (χ0) is 12.8. The van der Waals surface area contributed by atoms with Gasteiger partial charge < -0.3 is 10.3 Å². The largest absolute Gasteiger partial charge is 0.369 e. The molecule has 1 fully saturated rings. The Morgan fingerprint density at radius 3 is 2.89 bits per heavy atom. The fraction of sp³-hybridized carbons (Fsp3) is 0.417. The second-order valence-corrected chi connectivity index (χ2v) is 7.07. The monoisotopic (exact) mass is 265 g/mol. The van der Waals surface area contributed by atoms with Crippen molar-refractivity contribution in [2.24, 2.45) is 5.92 Å². The van der Waals surface area contributed by atoms with Crippen LogP contribution in [0, 0.1) is 5.92 Å². The van der Waals surface area contributed by atoms with E-state index in [1.165, 1.54) is 0 Å². The fourth-order valence-corrected chi connectivity index (χ4v) is 4.41. The molecule has 2 N–H and O–H groups in total. The van der Waals surface area contributed by atoms with E-state index in [1.807, 2.05) is 28.8 Å². The first-order chi connectivity index (χ1) is 8.55. The molecule has 1 atom stereocenters. The maximum Gasteiger partial charge on any atom is 0.201 e. The van der Waals surface area contributed by atoms with E-state index >= 15 is 0 Å². The van der Waals surface area contributed by atoms with Crippen molar-refractivity contribution in [2.75, 3.05) is 17.2 Å². The van der Waals surface area contributed by atoms with Crippen LogP contribution in [0.3, 0.4) is 0 Å². The standard InChI is InChI=1S/C12H15N3O2S/c13-12-14-10-3-1-2-4-11(10)15(12)7-9-5-6-18(16,17)8-9/h1-4,9H,5-8H2,(H2,13,14). The number of hydrogen-bond donors (Lipinski definition) is 1. The summed E-state index contributed by atoms with van der Waals surface area (Å²) in [6.45, 7) is 0.631. The Kier molecular flexibility index (Phi) is 2.55. The highest BCUT2D eigenvalue weighted by Gasteiger charge is 2.28. The van der Waals surface area contributed by atoms with Crippen molar-refractivity contribution < 1.29 is 8.42 Å². The van der Waals surface area contributed by atoms with Gasteiger partial charge in [0.1, 0.15) is 0 Å². The molecule has 2 aromatic rings. The molecule has 3 rings (SSSR count). The summed E-state index contributed by atoms with van der Waals surface area (Å²) in [5, 5.41) is 0. The highest BCUT2D eigenvalue weighted by atomic mass is 32.2. The van der Waals surface area contributed by atoms with Crippen LogP contribution < -0.4 is 5.73 Å². The van der Waals surface area contributed by atoms with Gasteiger partial charge in [0.25, 0.3) is 0 Å². The van der Waals surface area contributed by atoms with E-state index in [0.717, 1.165) is 11.0 Å². The van der Waals surface area contributed by atoms with E-state index in [0.29, 0.717) is 24.7 Å². The summed E-state index contributed by atoms with van der Waals surface area (Å²) < 4.78 is 24.8. The third-order valence-electron chi connectivity index (χ3n) is 3.45. The molecule has 1 saturated heterocycles. The average molecular weight is 265 g/mol. The first-order valence-electron chi connectivity index (χ1n) is 5.96. The Balaban J connectivity index is 1.93. The summed E-state index contributed by atoms with van der Waals surface area (Å²) in [5.74, 6) is 1.17. The van der Waals surface area contributed by atoms with Crippen molar-refractivity contribution >= 4 is 26.8 Å². The number of hydrogen-bond acceptors (Lipinski definition) is 4. The van der Waals surface area contributed by atoms with Crippen LogP contribution in [0.2, 0.25) is 0 Å². The van der Waals surface area contributed by atoms with Gasteiger partial charge in [-0.15, -0.1) is 0 Å². The number of fused-ring (bicyclic) bond motifs is 1. The van der Waals surface area contributed by atoms with E-state index in [4.69, 9.17) is 5.73 Å². The lowest BCUT2D eigenvalue weighted by Gasteiger charge is -2.11. The van der Waals surface area contributed by atoms with Crippen molar-refractivity contribution in [3.05, 3.63) is 24.3 Å². The van der Waals surface area contributed by atoms with Crippen molar-refractivity contribution in [3.63, 3.8) is 0 Å². The number of rotatable bonds is 2. The van der Waals surface area contributed by atoms with E-state index in [-0.39, 0.29) is 11.7 Å². The molecule has 0 saturated carbocycles. The summed E-state index contributed by atoms with van der Waals surface area (Å²) in [6.07, 6.45) is 0.717. The van der Waals surface area contributed by atoms with E-state index < -0.39 is 9.84 Å². The molecule has 0 amide bonds. The molecule has 1 aliphatic rings. The quantitative estimate of drug-likeness (QED) is 0.880. The molecule has 1 aliphatic heterocycles. The van der Waals surface area contributed by atoms with Gasteiger partial charge in [-0.25, -0.2) is 13.4 Å². The summed E-state index contributed by atoms with van der Waals surface area (Å²) in [4.78, 5) is 4.28. The van der Waals surface area contributed by atoms with Crippen LogP contribution in [-0.2, 0) is 16.4 Å². The topological polar surface area (TPSA) is 78.0 Å². The smallest absolute Gasteiger partial charge is 0.201 e. The van der Waals surface area contributed by atoms with E-state index in [1.54, 1.807) is 0 Å². The lowest BCUT2D eigenvalue weighted by molar-refractivity contribution is 0.503. The van der Waals surface area contributed by atoms with Crippen molar-refractivity contribution in [1.82, 2.24) is 9.55 Å². The summed E-state index contributed by atoms with van der Waals surface area (Å²) in [7, 11) is -2.84. The van der Waals surface area contributed by atoms with Gasteiger partial charge in [0.2, 0.25) is 5.95 Å². The number of para-hydroxylation sites is 2. The van der Waals surface area contributed by atoms with Crippen molar-refractivity contribution in [2.45, 2.75) is 13.0 Å². The van der Waals surface area contributed by atoms with Crippen LogP contribution in [0.1, 0.15) is 6.42 Å². The molecular weight excluding hydrogens is 250 g/mol. The van der Waals surface area contributed by atoms with Crippen LogP contribution in [-0.4, -0.2) is 29.5 Å². The van der Waals surface area contributed by atoms with Gasteiger partial charge in [-0.1, -0.05) is 12.1 Å². The van der Waals surface area contributed by atoms with Crippen molar-refractivity contribution in [1.29, 1.82) is 0 Å². The molecule has 18 heavy (non-hydrogen) atoms. The lowest BCUT2D eigenvalue weighted by atomic mass is 10.1. The van der Waals surface area contributed by atoms with Crippen LogP contribution >= 0.6 is 0 Å². The molecule has 0 spiro atoms. The minimum Gasteiger partial charge on any atom is -0.369 e. The highest BCUT2D eigenvalue weighted by molar-refractivity contribution is 7.91. The van der Waals surface area contributed by atoms with Gasteiger partial charge >= 0.3 is 0 Å². The summed E-state index contributed by atoms with van der Waals surface area (Å²) in [5.41, 5.74) is 7.73. The second-order valence-electron chi connectivity index (χ2n) is 4.84. The van der Waals surface area contributed by atoms with Gasteiger partial charge in [-0.05, 0) is 24.5 Å². The number of anilines is 1. The highest BCUT2D eigenvalue weighted by Crippen LogP contribution is 2.24. The molecule has 0 bridgehead atoms. The molecular formula is C12H15N3O2S. The van der Waals surface area contributed by atoms with Gasteiger partial charge in [-0.3, -0.25) is 0 Å². The Labute approximate surface area is 106 Å². The number of benzene rings is 1. The predicted octanol–water partition coefficient (Wildman–Crippen LogP) is 1.05. The first-order valence-corrected chi connectivity index (χ1v) is 7.78. The van der Waals surface area contributed by atoms with Gasteiger partial charge in [0, 0.05) is 6.54 Å². The molecule has 1 aromatic heterocycles. The lowest BCUT2D eigenvalue weighted by Crippen LogP contribution is -2.14. The maximum absolute atomic E-state index is 11.5. The molecule has 5 nitrogen and oxygen atoms in total. The summed E-state index contributed by atoms with van der Waals surface area (Å²) in [6, 6.07) is 7.72. The minimum absolute atomic E-state index is 0.148.